The summed E-state index contributed by atoms with van der Waals surface area (Å²) in [5.41, 5.74) is 0.810. The summed E-state index contributed by atoms with van der Waals surface area (Å²) in [6, 6.07) is 12.7. The van der Waals surface area contributed by atoms with Gasteiger partial charge in [-0.1, -0.05) is 24.3 Å². The molecule has 2 aromatic carbocycles. The van der Waals surface area contributed by atoms with Crippen molar-refractivity contribution in [3.05, 3.63) is 65.2 Å². The monoisotopic (exact) mass is 313 g/mol. The molecule has 0 saturated carbocycles. The number of benzene rings is 2. The number of ether oxygens (including phenoxy) is 2. The molecule has 6 nitrogen and oxygen atoms in total. The van der Waals surface area contributed by atoms with Gasteiger partial charge in [0.1, 0.15) is 0 Å². The molecule has 0 aromatic heterocycles. The van der Waals surface area contributed by atoms with Crippen LogP contribution in [-0.4, -0.2) is 32.1 Å². The zero-order valence-electron chi connectivity index (χ0n) is 12.7. The third kappa shape index (κ3) is 3.55. The predicted octanol–water partition coefficient (Wildman–Crippen LogP) is 2.51. The highest BCUT2D eigenvalue weighted by molar-refractivity contribution is 6.12. The third-order valence-electron chi connectivity index (χ3n) is 3.16. The van der Waals surface area contributed by atoms with Gasteiger partial charge in [-0.3, -0.25) is 4.79 Å². The van der Waals surface area contributed by atoms with E-state index in [0.29, 0.717) is 5.69 Å². The van der Waals surface area contributed by atoms with Gasteiger partial charge in [0.25, 0.3) is 5.91 Å². The largest absolute Gasteiger partial charge is 0.465 e. The van der Waals surface area contributed by atoms with Gasteiger partial charge in [0.05, 0.1) is 36.6 Å². The zero-order chi connectivity index (χ0) is 16.8. The first kappa shape index (κ1) is 16.2. The van der Waals surface area contributed by atoms with E-state index in [-0.39, 0.29) is 16.7 Å². The standard InChI is InChI=1S/C17H15NO5/c1-22-16(20)12-8-4-3-7-11(12)15(19)18-14-10-6-5-9-13(14)17(21)23-2/h3-10H,1-2H3,(H,18,19). The van der Waals surface area contributed by atoms with Gasteiger partial charge in [-0.2, -0.15) is 0 Å². The van der Waals surface area contributed by atoms with Gasteiger partial charge >= 0.3 is 11.9 Å². The summed E-state index contributed by atoms with van der Waals surface area (Å²) >= 11 is 0. The van der Waals surface area contributed by atoms with Crippen LogP contribution in [0.2, 0.25) is 0 Å². The Kier molecular flexibility index (Phi) is 5.09. The van der Waals surface area contributed by atoms with Crippen molar-refractivity contribution in [2.75, 3.05) is 19.5 Å². The second-order valence-corrected chi connectivity index (χ2v) is 4.53. The summed E-state index contributed by atoms with van der Waals surface area (Å²) in [5.74, 6) is -1.71. The Morgan fingerprint density at radius 3 is 1.83 bits per heavy atom. The molecule has 0 aliphatic carbocycles. The van der Waals surface area contributed by atoms with Crippen LogP contribution in [0.3, 0.4) is 0 Å². The fourth-order valence-corrected chi connectivity index (χ4v) is 2.04. The fraction of sp³-hybridized carbons (Fsp3) is 0.118. The summed E-state index contributed by atoms with van der Waals surface area (Å²) in [4.78, 5) is 35.9. The Bertz CT molecular complexity index is 754. The minimum Gasteiger partial charge on any atom is -0.465 e. The van der Waals surface area contributed by atoms with Crippen LogP contribution in [0.25, 0.3) is 0 Å². The first-order valence-electron chi connectivity index (χ1n) is 6.74. The Morgan fingerprint density at radius 2 is 1.22 bits per heavy atom. The molecule has 0 aliphatic rings. The highest BCUT2D eigenvalue weighted by Crippen LogP contribution is 2.18. The number of rotatable bonds is 4. The molecule has 23 heavy (non-hydrogen) atoms. The second-order valence-electron chi connectivity index (χ2n) is 4.53. The van der Waals surface area contributed by atoms with Crippen LogP contribution >= 0.6 is 0 Å². The maximum Gasteiger partial charge on any atom is 0.339 e. The first-order valence-corrected chi connectivity index (χ1v) is 6.74. The summed E-state index contributed by atoms with van der Waals surface area (Å²) in [6.07, 6.45) is 0. The molecule has 0 fully saturated rings. The summed E-state index contributed by atoms with van der Waals surface area (Å²) in [7, 11) is 2.50. The van der Waals surface area contributed by atoms with Crippen molar-refractivity contribution < 1.29 is 23.9 Å². The molecule has 6 heteroatoms. The van der Waals surface area contributed by atoms with Crippen LogP contribution in [-0.2, 0) is 9.47 Å². The third-order valence-corrected chi connectivity index (χ3v) is 3.16. The number of anilines is 1. The minimum absolute atomic E-state index is 0.142. The van der Waals surface area contributed by atoms with Crippen LogP contribution in [0.4, 0.5) is 5.69 Å². The zero-order valence-corrected chi connectivity index (χ0v) is 12.7. The number of hydrogen-bond acceptors (Lipinski definition) is 5. The van der Waals surface area contributed by atoms with Crippen molar-refractivity contribution >= 4 is 23.5 Å². The quantitative estimate of drug-likeness (QED) is 0.877. The van der Waals surface area contributed by atoms with E-state index in [1.54, 1.807) is 30.3 Å². The van der Waals surface area contributed by atoms with E-state index in [0.717, 1.165) is 0 Å². The molecule has 118 valence electrons. The van der Waals surface area contributed by atoms with Crippen molar-refractivity contribution in [2.45, 2.75) is 0 Å². The van der Waals surface area contributed by atoms with Crippen LogP contribution < -0.4 is 5.32 Å². The van der Waals surface area contributed by atoms with Crippen LogP contribution in [0.1, 0.15) is 31.1 Å². The van der Waals surface area contributed by atoms with E-state index in [2.05, 4.69) is 14.8 Å². The lowest BCUT2D eigenvalue weighted by Crippen LogP contribution is -2.18. The number of carbonyl (C=O) groups excluding carboxylic acids is 3. The first-order chi connectivity index (χ1) is 11.1. The molecule has 0 saturated heterocycles. The SMILES string of the molecule is COC(=O)c1ccccc1NC(=O)c1ccccc1C(=O)OC. The van der Waals surface area contributed by atoms with Crippen LogP contribution in [0.5, 0.6) is 0 Å². The van der Waals surface area contributed by atoms with E-state index in [1.165, 1.54) is 32.4 Å². The maximum atomic E-state index is 12.4. The molecular formula is C17H15NO5. The highest BCUT2D eigenvalue weighted by atomic mass is 16.5. The molecule has 2 rings (SSSR count). The number of amides is 1. The van der Waals surface area contributed by atoms with Gasteiger partial charge in [-0.25, -0.2) is 9.59 Å². The van der Waals surface area contributed by atoms with Gasteiger partial charge in [0.2, 0.25) is 0 Å². The lowest BCUT2D eigenvalue weighted by Gasteiger charge is -2.11. The minimum atomic E-state index is -0.614. The summed E-state index contributed by atoms with van der Waals surface area (Å²) in [6.45, 7) is 0. The molecule has 2 aromatic rings. The summed E-state index contributed by atoms with van der Waals surface area (Å²) in [5, 5.41) is 2.61. The molecule has 0 aliphatic heterocycles. The molecule has 0 spiro atoms. The van der Waals surface area contributed by atoms with E-state index in [4.69, 9.17) is 0 Å². The number of hydrogen-bond donors (Lipinski definition) is 1. The average molecular weight is 313 g/mol. The number of methoxy groups -OCH3 is 2. The molecule has 0 bridgehead atoms. The lowest BCUT2D eigenvalue weighted by molar-refractivity contribution is 0.0590. The van der Waals surface area contributed by atoms with Gasteiger partial charge in [-0.05, 0) is 24.3 Å². The number of nitrogens with one attached hydrogen (secondary N) is 1. The van der Waals surface area contributed by atoms with Crippen molar-refractivity contribution in [3.8, 4) is 0 Å². The molecule has 1 N–H and O–H groups in total. The fourth-order valence-electron chi connectivity index (χ4n) is 2.04. The molecular weight excluding hydrogens is 298 g/mol. The van der Waals surface area contributed by atoms with Crippen molar-refractivity contribution in [2.24, 2.45) is 0 Å². The Hall–Kier alpha value is -3.15. The average Bonchev–Trinajstić information content (AvgIpc) is 2.60. The van der Waals surface area contributed by atoms with Crippen LogP contribution in [0, 0.1) is 0 Å². The second kappa shape index (κ2) is 7.22. The molecule has 0 radical (unpaired) electrons. The van der Waals surface area contributed by atoms with E-state index >= 15 is 0 Å². The molecule has 1 amide bonds. The predicted molar refractivity (Wildman–Crippen MR) is 83.5 cm³/mol. The van der Waals surface area contributed by atoms with Gasteiger partial charge in [0, 0.05) is 0 Å². The number of para-hydroxylation sites is 1. The van der Waals surface area contributed by atoms with E-state index in [1.807, 2.05) is 0 Å². The molecule has 0 unspecified atom stereocenters. The van der Waals surface area contributed by atoms with Gasteiger partial charge < -0.3 is 14.8 Å². The van der Waals surface area contributed by atoms with Gasteiger partial charge in [-0.15, -0.1) is 0 Å². The van der Waals surface area contributed by atoms with Crippen LogP contribution in [0.15, 0.2) is 48.5 Å². The summed E-state index contributed by atoms with van der Waals surface area (Å²) < 4.78 is 9.34. The molecule has 0 atom stereocenters. The number of esters is 2. The Labute approximate surface area is 133 Å². The lowest BCUT2D eigenvalue weighted by atomic mass is 10.1. The Morgan fingerprint density at radius 1 is 0.739 bits per heavy atom. The maximum absolute atomic E-state index is 12.4. The smallest absolute Gasteiger partial charge is 0.339 e. The molecule has 0 heterocycles. The van der Waals surface area contributed by atoms with Gasteiger partial charge in [0.15, 0.2) is 0 Å². The normalized spacial score (nSPS) is 9.83. The van der Waals surface area contributed by atoms with Crippen molar-refractivity contribution in [3.63, 3.8) is 0 Å². The van der Waals surface area contributed by atoms with E-state index in [9.17, 15) is 14.4 Å². The highest BCUT2D eigenvalue weighted by Gasteiger charge is 2.19. The van der Waals surface area contributed by atoms with E-state index < -0.39 is 17.8 Å². The number of carbonyl (C=O) groups is 3. The topological polar surface area (TPSA) is 81.7 Å². The van der Waals surface area contributed by atoms with Crippen molar-refractivity contribution in [1.29, 1.82) is 0 Å². The Balaban J connectivity index is 2.34. The van der Waals surface area contributed by atoms with Crippen molar-refractivity contribution in [1.82, 2.24) is 0 Å².